The summed E-state index contributed by atoms with van der Waals surface area (Å²) >= 11 is 0. The predicted molar refractivity (Wildman–Crippen MR) is 61.1 cm³/mol. The van der Waals surface area contributed by atoms with Crippen molar-refractivity contribution in [2.45, 2.75) is 39.5 Å². The monoisotopic (exact) mass is 236 g/mol. The first-order valence-corrected chi connectivity index (χ1v) is 6.65. The average molecular weight is 236 g/mol. The molecule has 90 valence electrons. The van der Waals surface area contributed by atoms with Crippen molar-refractivity contribution in [3.8, 4) is 0 Å². The largest absolute Gasteiger partial charge is 0.351 e. The molecule has 0 aliphatic rings. The molecule has 0 saturated carbocycles. The van der Waals surface area contributed by atoms with Gasteiger partial charge in [-0.25, -0.2) is 0 Å². The van der Waals surface area contributed by atoms with E-state index in [9.17, 15) is 4.57 Å². The normalized spacial score (nSPS) is 15.6. The molecule has 0 rings (SSSR count). The highest BCUT2D eigenvalue weighted by atomic mass is 31.2. The minimum atomic E-state index is -3.05. The molecule has 0 radical (unpaired) electrons. The van der Waals surface area contributed by atoms with Crippen LogP contribution in [0.15, 0.2) is 12.7 Å². The summed E-state index contributed by atoms with van der Waals surface area (Å²) in [5.41, 5.74) is -0.174. The van der Waals surface area contributed by atoms with Crippen LogP contribution >= 0.6 is 7.60 Å². The molecular weight excluding hydrogens is 215 g/mol. The summed E-state index contributed by atoms with van der Waals surface area (Å²) < 4.78 is 27.6. The van der Waals surface area contributed by atoms with Crippen LogP contribution in [-0.4, -0.2) is 25.2 Å². The molecule has 0 fully saturated rings. The second-order valence-electron chi connectivity index (χ2n) is 3.69. The zero-order valence-corrected chi connectivity index (χ0v) is 10.8. The molecule has 0 N–H and O–H groups in total. The predicted octanol–water partition coefficient (Wildman–Crippen LogP) is 3.19. The Morgan fingerprint density at radius 2 is 1.93 bits per heavy atom. The zero-order valence-electron chi connectivity index (χ0n) is 9.93. The smallest absolute Gasteiger partial charge is 0.335 e. The Bertz CT molecular complexity index is 225. The number of hydrogen-bond donors (Lipinski definition) is 0. The van der Waals surface area contributed by atoms with E-state index in [4.69, 9.17) is 13.8 Å². The Morgan fingerprint density at radius 1 is 1.33 bits per heavy atom. The third-order valence-electron chi connectivity index (χ3n) is 1.54. The van der Waals surface area contributed by atoms with Gasteiger partial charge in [-0.2, -0.15) is 0 Å². The van der Waals surface area contributed by atoms with Crippen molar-refractivity contribution in [3.63, 3.8) is 0 Å². The quantitative estimate of drug-likeness (QED) is 0.281. The van der Waals surface area contributed by atoms with Crippen molar-refractivity contribution >= 4 is 7.60 Å². The topological polar surface area (TPSA) is 44.8 Å². The van der Waals surface area contributed by atoms with Crippen molar-refractivity contribution < 1.29 is 18.3 Å². The van der Waals surface area contributed by atoms with Gasteiger partial charge >= 0.3 is 7.60 Å². The molecule has 5 heteroatoms. The average Bonchev–Trinajstić information content (AvgIpc) is 2.11. The summed E-state index contributed by atoms with van der Waals surface area (Å²) in [6, 6.07) is 0. The Kier molecular flexibility index (Phi) is 7.11. The molecule has 0 bridgehead atoms. The zero-order chi connectivity index (χ0) is 11.9. The molecule has 0 aliphatic heterocycles. The van der Waals surface area contributed by atoms with Crippen LogP contribution in [0.4, 0.5) is 0 Å². The van der Waals surface area contributed by atoms with Crippen molar-refractivity contribution in [2.24, 2.45) is 0 Å². The molecule has 0 saturated heterocycles. The molecule has 0 aliphatic carbocycles. The van der Waals surface area contributed by atoms with E-state index in [1.165, 1.54) is 0 Å². The maximum atomic E-state index is 12.1. The number of hydrogen-bond acceptors (Lipinski definition) is 4. The molecule has 15 heavy (non-hydrogen) atoms. The highest BCUT2D eigenvalue weighted by Gasteiger charge is 2.30. The lowest BCUT2D eigenvalue weighted by Gasteiger charge is -2.23. The van der Waals surface area contributed by atoms with Crippen LogP contribution in [0, 0.1) is 0 Å². The van der Waals surface area contributed by atoms with E-state index in [0.717, 1.165) is 0 Å². The summed E-state index contributed by atoms with van der Waals surface area (Å²) in [6.07, 6.45) is 1.48. The van der Waals surface area contributed by atoms with Gasteiger partial charge in [0.15, 0.2) is 6.79 Å². The third kappa shape index (κ3) is 6.10. The summed E-state index contributed by atoms with van der Waals surface area (Å²) in [7, 11) is -3.05. The molecule has 4 nitrogen and oxygen atoms in total. The lowest BCUT2D eigenvalue weighted by atomic mass is 10.5. The molecular formula is C10H21O4P. The second kappa shape index (κ2) is 7.18. The number of ether oxygens (including phenoxy) is 1. The second-order valence-corrected chi connectivity index (χ2v) is 6.28. The summed E-state index contributed by atoms with van der Waals surface area (Å²) in [4.78, 5) is 0. The van der Waals surface area contributed by atoms with E-state index in [-0.39, 0.29) is 18.6 Å². The SMILES string of the molecule is C=CCOCOP(=O)(OC(C)C)C(C)C. The van der Waals surface area contributed by atoms with E-state index in [2.05, 4.69) is 6.58 Å². The van der Waals surface area contributed by atoms with E-state index < -0.39 is 7.60 Å². The molecule has 0 spiro atoms. The molecule has 0 heterocycles. The lowest BCUT2D eigenvalue weighted by molar-refractivity contribution is 0.0136. The fourth-order valence-corrected chi connectivity index (χ4v) is 2.25. The van der Waals surface area contributed by atoms with E-state index >= 15 is 0 Å². The molecule has 0 aromatic rings. The minimum absolute atomic E-state index is 0.0335. The summed E-state index contributed by atoms with van der Waals surface area (Å²) in [6.45, 7) is 11.1. The van der Waals surface area contributed by atoms with Crippen LogP contribution in [0.1, 0.15) is 27.7 Å². The highest BCUT2D eigenvalue weighted by Crippen LogP contribution is 2.53. The van der Waals surface area contributed by atoms with Gasteiger partial charge in [-0.05, 0) is 13.8 Å². The van der Waals surface area contributed by atoms with Gasteiger partial charge in [0.2, 0.25) is 0 Å². The van der Waals surface area contributed by atoms with Crippen LogP contribution in [0.25, 0.3) is 0 Å². The molecule has 1 atom stereocenters. The summed E-state index contributed by atoms with van der Waals surface area (Å²) in [5.74, 6) is 0. The van der Waals surface area contributed by atoms with E-state index in [1.807, 2.05) is 13.8 Å². The van der Waals surface area contributed by atoms with Crippen molar-refractivity contribution in [3.05, 3.63) is 12.7 Å². The van der Waals surface area contributed by atoms with E-state index in [0.29, 0.717) is 6.61 Å². The van der Waals surface area contributed by atoms with Gasteiger partial charge in [-0.1, -0.05) is 19.9 Å². The van der Waals surface area contributed by atoms with Gasteiger partial charge in [-0.3, -0.25) is 9.09 Å². The van der Waals surface area contributed by atoms with Crippen LogP contribution in [-0.2, 0) is 18.3 Å². The minimum Gasteiger partial charge on any atom is -0.351 e. The maximum Gasteiger partial charge on any atom is 0.335 e. The molecule has 0 aromatic heterocycles. The van der Waals surface area contributed by atoms with Gasteiger partial charge in [0.05, 0.1) is 18.4 Å². The van der Waals surface area contributed by atoms with Gasteiger partial charge in [-0.15, -0.1) is 6.58 Å². The van der Waals surface area contributed by atoms with Gasteiger partial charge in [0, 0.05) is 0 Å². The highest BCUT2D eigenvalue weighted by molar-refractivity contribution is 7.54. The fourth-order valence-electron chi connectivity index (χ4n) is 0.837. The lowest BCUT2D eigenvalue weighted by Crippen LogP contribution is -2.12. The van der Waals surface area contributed by atoms with Crippen LogP contribution in [0.3, 0.4) is 0 Å². The van der Waals surface area contributed by atoms with Gasteiger partial charge in [0.25, 0.3) is 0 Å². The van der Waals surface area contributed by atoms with Gasteiger partial charge in [0.1, 0.15) is 0 Å². The Hall–Kier alpha value is -0.150. The van der Waals surface area contributed by atoms with Gasteiger partial charge < -0.3 is 9.26 Å². The molecule has 0 aromatic carbocycles. The standard InChI is InChI=1S/C10H21O4P/c1-6-7-12-8-13-15(11,10(4)5)14-9(2)3/h6,9-10H,1,7-8H2,2-5H3. The Labute approximate surface area is 92.1 Å². The first-order valence-electron chi connectivity index (χ1n) is 5.03. The van der Waals surface area contributed by atoms with Crippen molar-refractivity contribution in [2.75, 3.05) is 13.4 Å². The van der Waals surface area contributed by atoms with Crippen molar-refractivity contribution in [1.82, 2.24) is 0 Å². The Morgan fingerprint density at radius 3 is 2.33 bits per heavy atom. The van der Waals surface area contributed by atoms with Crippen LogP contribution in [0.5, 0.6) is 0 Å². The molecule has 0 amide bonds. The number of rotatable bonds is 8. The molecule has 1 unspecified atom stereocenters. The maximum absolute atomic E-state index is 12.1. The summed E-state index contributed by atoms with van der Waals surface area (Å²) in [5, 5.41) is 0. The van der Waals surface area contributed by atoms with E-state index in [1.54, 1.807) is 19.9 Å². The first-order chi connectivity index (χ1) is 6.92. The van der Waals surface area contributed by atoms with Crippen LogP contribution < -0.4 is 0 Å². The van der Waals surface area contributed by atoms with Crippen molar-refractivity contribution in [1.29, 1.82) is 0 Å². The fraction of sp³-hybridized carbons (Fsp3) is 0.800. The third-order valence-corrected chi connectivity index (χ3v) is 3.99. The Balaban J connectivity index is 4.14. The first kappa shape index (κ1) is 14.8. The van der Waals surface area contributed by atoms with Crippen LogP contribution in [0.2, 0.25) is 0 Å².